The fourth-order valence-corrected chi connectivity index (χ4v) is 10.9. The SMILES string of the molecule is CCCCCC/C=C\C/C=C\CCCCCCCCCC(=O)OCCCCCCCCCCCCCC/C=C\CCCCCCCCCCCCCC(=O)NC(CO)C(O)/C=C/CCCCCCCCCCCCCCCCC. The second-order valence-corrected chi connectivity index (χ2v) is 24.2. The van der Waals surface area contributed by atoms with Gasteiger partial charge in [-0.15, -0.1) is 0 Å². The van der Waals surface area contributed by atoms with Crippen LogP contribution in [0.2, 0.25) is 0 Å². The summed E-state index contributed by atoms with van der Waals surface area (Å²) in [7, 11) is 0. The second-order valence-electron chi connectivity index (χ2n) is 24.2. The number of hydrogen-bond acceptors (Lipinski definition) is 5. The highest BCUT2D eigenvalue weighted by Crippen LogP contribution is 2.18. The molecule has 0 aliphatic carbocycles. The molecule has 0 fully saturated rings. The summed E-state index contributed by atoms with van der Waals surface area (Å²) in [5, 5.41) is 23.2. The van der Waals surface area contributed by atoms with Crippen LogP contribution in [0.4, 0.5) is 0 Å². The first-order chi connectivity index (χ1) is 39.0. The Labute approximate surface area is 493 Å². The molecule has 0 aromatic rings. The molecule has 0 saturated heterocycles. The van der Waals surface area contributed by atoms with Crippen molar-refractivity contribution in [3.63, 3.8) is 0 Å². The quantitative estimate of drug-likeness (QED) is 0.0320. The number of unbranched alkanes of at least 4 members (excludes halogenated alkanes) is 49. The van der Waals surface area contributed by atoms with Gasteiger partial charge in [-0.2, -0.15) is 0 Å². The average molecular weight is 1110 g/mol. The van der Waals surface area contributed by atoms with Gasteiger partial charge in [0.15, 0.2) is 0 Å². The van der Waals surface area contributed by atoms with Crippen molar-refractivity contribution in [2.24, 2.45) is 0 Å². The van der Waals surface area contributed by atoms with E-state index < -0.39 is 12.1 Å². The predicted molar refractivity (Wildman–Crippen MR) is 347 cm³/mol. The lowest BCUT2D eigenvalue weighted by molar-refractivity contribution is -0.143. The largest absolute Gasteiger partial charge is 0.466 e. The molecule has 0 aliphatic rings. The number of aliphatic hydroxyl groups is 2. The minimum Gasteiger partial charge on any atom is -0.466 e. The first-order valence-corrected chi connectivity index (χ1v) is 35.4. The van der Waals surface area contributed by atoms with Crippen LogP contribution in [0.3, 0.4) is 0 Å². The summed E-state index contributed by atoms with van der Waals surface area (Å²) in [5.41, 5.74) is 0. The molecule has 464 valence electrons. The summed E-state index contributed by atoms with van der Waals surface area (Å²) < 4.78 is 5.50. The molecular formula is C73H137NO5. The van der Waals surface area contributed by atoms with Gasteiger partial charge in [0.1, 0.15) is 0 Å². The molecule has 0 bridgehead atoms. The molecule has 1 amide bonds. The van der Waals surface area contributed by atoms with Gasteiger partial charge in [0.2, 0.25) is 5.91 Å². The van der Waals surface area contributed by atoms with Crippen LogP contribution in [0.1, 0.15) is 380 Å². The first-order valence-electron chi connectivity index (χ1n) is 35.4. The molecule has 0 heterocycles. The maximum Gasteiger partial charge on any atom is 0.305 e. The van der Waals surface area contributed by atoms with Crippen molar-refractivity contribution in [3.05, 3.63) is 48.6 Å². The van der Waals surface area contributed by atoms with Gasteiger partial charge in [-0.3, -0.25) is 9.59 Å². The molecule has 79 heavy (non-hydrogen) atoms. The van der Waals surface area contributed by atoms with E-state index in [0.29, 0.717) is 19.4 Å². The van der Waals surface area contributed by atoms with Crippen LogP contribution < -0.4 is 5.32 Å². The van der Waals surface area contributed by atoms with Crippen LogP contribution in [0, 0.1) is 0 Å². The van der Waals surface area contributed by atoms with E-state index in [4.69, 9.17) is 4.74 Å². The lowest BCUT2D eigenvalue weighted by Crippen LogP contribution is -2.45. The number of amides is 1. The highest BCUT2D eigenvalue weighted by molar-refractivity contribution is 5.76. The summed E-state index contributed by atoms with van der Waals surface area (Å²) in [5.74, 6) is -0.0591. The number of hydrogen-bond donors (Lipinski definition) is 3. The van der Waals surface area contributed by atoms with Crippen LogP contribution in [0.5, 0.6) is 0 Å². The lowest BCUT2D eigenvalue weighted by Gasteiger charge is -2.20. The minimum absolute atomic E-state index is 0.00755. The smallest absolute Gasteiger partial charge is 0.305 e. The molecule has 3 N–H and O–H groups in total. The lowest BCUT2D eigenvalue weighted by atomic mass is 10.0. The maximum absolute atomic E-state index is 12.5. The van der Waals surface area contributed by atoms with Gasteiger partial charge in [-0.1, -0.05) is 326 Å². The minimum atomic E-state index is -0.846. The molecule has 0 spiro atoms. The monoisotopic (exact) mass is 1110 g/mol. The van der Waals surface area contributed by atoms with Gasteiger partial charge >= 0.3 is 5.97 Å². The fourth-order valence-electron chi connectivity index (χ4n) is 10.9. The third-order valence-corrected chi connectivity index (χ3v) is 16.3. The van der Waals surface area contributed by atoms with Crippen molar-refractivity contribution in [1.82, 2.24) is 5.32 Å². The number of allylic oxidation sites excluding steroid dienone is 7. The Morgan fingerprint density at radius 2 is 0.633 bits per heavy atom. The van der Waals surface area contributed by atoms with Crippen molar-refractivity contribution in [1.29, 1.82) is 0 Å². The molecule has 0 aromatic carbocycles. The van der Waals surface area contributed by atoms with E-state index in [1.807, 2.05) is 6.08 Å². The second kappa shape index (κ2) is 68.3. The van der Waals surface area contributed by atoms with Gasteiger partial charge in [0.25, 0.3) is 0 Å². The molecule has 2 unspecified atom stereocenters. The fraction of sp³-hybridized carbons (Fsp3) is 0.863. The number of ether oxygens (including phenoxy) is 1. The molecule has 0 aliphatic heterocycles. The molecule has 0 saturated carbocycles. The summed E-state index contributed by atoms with van der Waals surface area (Å²) in [6.45, 7) is 4.91. The standard InChI is InChI=1S/C73H137NO5/c1-3-5-7-9-11-13-15-17-19-21-35-39-43-47-51-55-59-63-67-73(78)79-68-64-60-56-52-48-44-40-36-32-30-28-26-24-22-23-25-27-29-31-34-38-42-46-50-54-58-62-66-72(77)74-70(69-75)71(76)65-61-57-53-49-45-41-37-33-20-18-16-14-12-10-8-6-4-2/h13,15,19,21-23,61,65,70-71,75-76H,3-12,14,16-18,20,24-60,62-64,66-69H2,1-2H3,(H,74,77)/b15-13-,21-19-,23-22-,65-61+. The highest BCUT2D eigenvalue weighted by atomic mass is 16.5. The summed E-state index contributed by atoms with van der Waals surface area (Å²) >= 11 is 0. The predicted octanol–water partition coefficient (Wildman–Crippen LogP) is 22.9. The van der Waals surface area contributed by atoms with Crippen LogP contribution in [0.15, 0.2) is 48.6 Å². The van der Waals surface area contributed by atoms with Crippen molar-refractivity contribution in [2.75, 3.05) is 13.2 Å². The van der Waals surface area contributed by atoms with E-state index in [1.54, 1.807) is 6.08 Å². The number of rotatable bonds is 66. The van der Waals surface area contributed by atoms with Crippen molar-refractivity contribution < 1.29 is 24.5 Å². The Morgan fingerprint density at radius 1 is 0.354 bits per heavy atom. The Bertz CT molecular complexity index is 1320. The zero-order chi connectivity index (χ0) is 57.1. The van der Waals surface area contributed by atoms with Crippen LogP contribution in [0.25, 0.3) is 0 Å². The van der Waals surface area contributed by atoms with Gasteiger partial charge in [0.05, 0.1) is 25.4 Å². The summed E-state index contributed by atoms with van der Waals surface area (Å²) in [6.07, 6.45) is 89.0. The maximum atomic E-state index is 12.5. The number of esters is 1. The van der Waals surface area contributed by atoms with E-state index in [-0.39, 0.29) is 18.5 Å². The van der Waals surface area contributed by atoms with Gasteiger partial charge in [-0.25, -0.2) is 0 Å². The Kier molecular flexibility index (Phi) is 66.4. The molecule has 2 atom stereocenters. The summed E-state index contributed by atoms with van der Waals surface area (Å²) in [4.78, 5) is 24.6. The van der Waals surface area contributed by atoms with Crippen LogP contribution in [-0.4, -0.2) is 47.4 Å². The van der Waals surface area contributed by atoms with Gasteiger partial charge < -0.3 is 20.3 Å². The topological polar surface area (TPSA) is 95.9 Å². The first kappa shape index (κ1) is 76.8. The Hall–Kier alpha value is -2.18. The van der Waals surface area contributed by atoms with E-state index in [1.165, 1.54) is 302 Å². The van der Waals surface area contributed by atoms with E-state index in [0.717, 1.165) is 51.4 Å². The molecule has 6 nitrogen and oxygen atoms in total. The summed E-state index contributed by atoms with van der Waals surface area (Å²) in [6, 6.07) is -0.629. The van der Waals surface area contributed by atoms with Crippen molar-refractivity contribution >= 4 is 11.9 Å². The third-order valence-electron chi connectivity index (χ3n) is 16.3. The van der Waals surface area contributed by atoms with Crippen molar-refractivity contribution in [2.45, 2.75) is 392 Å². The molecular weight excluding hydrogens is 971 g/mol. The van der Waals surface area contributed by atoms with Gasteiger partial charge in [0, 0.05) is 12.8 Å². The van der Waals surface area contributed by atoms with Crippen LogP contribution in [-0.2, 0) is 14.3 Å². The van der Waals surface area contributed by atoms with E-state index >= 15 is 0 Å². The molecule has 0 aromatic heterocycles. The molecule has 6 heteroatoms. The molecule has 0 radical (unpaired) electrons. The van der Waals surface area contributed by atoms with E-state index in [2.05, 4.69) is 55.6 Å². The average Bonchev–Trinajstić information content (AvgIpc) is 3.45. The van der Waals surface area contributed by atoms with Crippen molar-refractivity contribution in [3.8, 4) is 0 Å². The molecule has 0 rings (SSSR count). The highest BCUT2D eigenvalue weighted by Gasteiger charge is 2.18. The normalized spacial score (nSPS) is 12.8. The van der Waals surface area contributed by atoms with E-state index in [9.17, 15) is 19.8 Å². The van der Waals surface area contributed by atoms with Crippen LogP contribution >= 0.6 is 0 Å². The number of nitrogens with one attached hydrogen (secondary N) is 1. The Morgan fingerprint density at radius 3 is 0.987 bits per heavy atom. The Balaban J connectivity index is 3.40. The number of aliphatic hydroxyl groups excluding tert-OH is 2. The number of carbonyl (C=O) groups is 2. The number of carbonyl (C=O) groups excluding carboxylic acids is 2. The van der Waals surface area contributed by atoms with Gasteiger partial charge in [-0.05, 0) is 89.9 Å². The zero-order valence-corrected chi connectivity index (χ0v) is 53.1. The zero-order valence-electron chi connectivity index (χ0n) is 53.1. The third kappa shape index (κ3) is 64.8.